The van der Waals surface area contributed by atoms with Crippen LogP contribution in [-0.4, -0.2) is 134 Å². The van der Waals surface area contributed by atoms with Gasteiger partial charge in [0.1, 0.15) is 0 Å². The largest absolute Gasteiger partial charge is 0.416 e. The van der Waals surface area contributed by atoms with E-state index in [2.05, 4.69) is 49.6 Å². The summed E-state index contributed by atoms with van der Waals surface area (Å²) in [4.78, 5) is 20.9. The molecule has 0 aromatic heterocycles. The first-order valence-electron chi connectivity index (χ1n) is 21.9. The number of morpholine rings is 1. The van der Waals surface area contributed by atoms with Crippen molar-refractivity contribution in [1.82, 2.24) is 19.0 Å². The van der Waals surface area contributed by atoms with Gasteiger partial charge in [-0.3, -0.25) is 14.6 Å². The lowest BCUT2D eigenvalue weighted by atomic mass is 9.82. The number of rotatable bonds is 14. The average Bonchev–Trinajstić information content (AvgIpc) is 3.83. The van der Waals surface area contributed by atoms with Crippen LogP contribution in [0.1, 0.15) is 72.3 Å². The van der Waals surface area contributed by atoms with Gasteiger partial charge < -0.3 is 18.8 Å². The van der Waals surface area contributed by atoms with Gasteiger partial charge in [-0.2, -0.15) is 17.5 Å². The van der Waals surface area contributed by atoms with E-state index in [-0.39, 0.29) is 36.7 Å². The Hall–Kier alpha value is -3.93. The van der Waals surface area contributed by atoms with Crippen molar-refractivity contribution in [3.63, 3.8) is 0 Å². The zero-order chi connectivity index (χ0) is 44.9. The Morgan fingerprint density at radius 2 is 1.46 bits per heavy atom. The fourth-order valence-corrected chi connectivity index (χ4v) is 12.7. The number of halogens is 3. The predicted octanol–water partition coefficient (Wildman–Crippen LogP) is 6.13. The summed E-state index contributed by atoms with van der Waals surface area (Å²) in [6, 6.07) is 28.2. The summed E-state index contributed by atoms with van der Waals surface area (Å²) in [5.41, 5.74) is 1.32. The second-order valence-corrected chi connectivity index (χ2v) is 21.9. The topological polar surface area (TPSA) is 91.9 Å². The molecule has 7 rings (SSSR count). The van der Waals surface area contributed by atoms with Crippen LogP contribution in [0.15, 0.2) is 102 Å². The molecule has 0 aliphatic carbocycles. The number of carbonyl (C=O) groups is 1. The lowest BCUT2D eigenvalue weighted by Crippen LogP contribution is -2.60. The highest BCUT2D eigenvalue weighted by Crippen LogP contribution is 2.37. The van der Waals surface area contributed by atoms with Crippen LogP contribution in [0.2, 0.25) is 0 Å². The van der Waals surface area contributed by atoms with E-state index in [0.29, 0.717) is 51.8 Å². The molecule has 0 saturated carbocycles. The Kier molecular flexibility index (Phi) is 15.0. The van der Waals surface area contributed by atoms with Crippen LogP contribution in [0, 0.1) is 6.92 Å². The van der Waals surface area contributed by atoms with E-state index in [4.69, 9.17) is 13.9 Å². The van der Waals surface area contributed by atoms with Crippen molar-refractivity contribution in [3.05, 3.63) is 125 Å². The summed E-state index contributed by atoms with van der Waals surface area (Å²) >= 11 is 0. The number of ether oxygens (including phenoxy) is 2. The van der Waals surface area contributed by atoms with Crippen molar-refractivity contribution < 1.29 is 40.3 Å². The minimum absolute atomic E-state index is 0.0366. The average molecular weight is 906 g/mol. The molecule has 3 saturated heterocycles. The number of hydrogen-bond donors (Lipinski definition) is 0. The van der Waals surface area contributed by atoms with Gasteiger partial charge in [-0.1, -0.05) is 99.6 Å². The Bertz CT molecular complexity index is 2230. The maximum atomic E-state index is 15.2. The summed E-state index contributed by atoms with van der Waals surface area (Å²) in [5.74, 6) is -0.677. The van der Waals surface area contributed by atoms with Crippen LogP contribution in [0.4, 0.5) is 13.2 Å². The quantitative estimate of drug-likeness (QED) is 0.140. The van der Waals surface area contributed by atoms with Crippen LogP contribution in [0.5, 0.6) is 0 Å². The summed E-state index contributed by atoms with van der Waals surface area (Å²) in [5, 5.41) is 2.00. The van der Waals surface area contributed by atoms with Crippen molar-refractivity contribution in [1.29, 1.82) is 0 Å². The molecule has 3 aliphatic rings. The summed E-state index contributed by atoms with van der Waals surface area (Å²) < 4.78 is 91.7. The molecule has 15 heteroatoms. The fourth-order valence-electron chi connectivity index (χ4n) is 9.02. The number of carbonyl (C=O) groups excluding carboxylic acids is 1. The van der Waals surface area contributed by atoms with Gasteiger partial charge in [0, 0.05) is 71.6 Å². The number of aryl methyl sites for hydroxylation is 1. The van der Waals surface area contributed by atoms with Crippen molar-refractivity contribution in [2.75, 3.05) is 79.2 Å². The maximum absolute atomic E-state index is 15.2. The molecular weight excluding hydrogens is 846 g/mol. The van der Waals surface area contributed by atoms with E-state index in [0.717, 1.165) is 58.8 Å². The Morgan fingerprint density at radius 3 is 2.06 bits per heavy atom. The predicted molar refractivity (Wildman–Crippen MR) is 240 cm³/mol. The van der Waals surface area contributed by atoms with E-state index >= 15 is 4.79 Å². The molecule has 3 aliphatic heterocycles. The van der Waals surface area contributed by atoms with Gasteiger partial charge in [0.25, 0.3) is 14.9 Å². The Balaban J connectivity index is 1.34. The van der Waals surface area contributed by atoms with E-state index in [1.54, 1.807) is 12.0 Å². The molecule has 1 amide bonds. The molecule has 3 atom stereocenters. The molecule has 0 N–H and O–H groups in total. The van der Waals surface area contributed by atoms with E-state index in [1.807, 2.05) is 66.7 Å². The Labute approximate surface area is 372 Å². The standard InChI is InChI=1S/C48H60F3N4O6SSi/c1-35-18-19-36(30-43(35)47(2,3)4)45(61-63(41-14-8-6-9-15-41)42-16-10-7-11-17-42)44-33-52(22-23-53-26-27-60-39(32-53)34-59-5)24-25-55(44)46(56)37-28-38(48(49,50)51)31-40(29-37)62(57,58)54-20-12-13-21-54/h6-11,14-19,28-31,39,44-45H,12-13,20-27,32-34H2,1-5H3/t39-,44+,45?/m0/s1. The molecule has 0 spiro atoms. The van der Waals surface area contributed by atoms with Gasteiger partial charge in [-0.05, 0) is 70.4 Å². The van der Waals surface area contributed by atoms with Crippen molar-refractivity contribution in [3.8, 4) is 0 Å². The molecular formula is C48H60F3N4O6SSi. The minimum atomic E-state index is -4.90. The third kappa shape index (κ3) is 11.3. The molecule has 10 nitrogen and oxygen atoms in total. The first-order valence-corrected chi connectivity index (χ1v) is 24.7. The molecule has 4 aromatic rings. The molecule has 1 radical (unpaired) electrons. The third-order valence-corrected chi connectivity index (χ3v) is 16.4. The molecule has 0 bridgehead atoms. The first-order chi connectivity index (χ1) is 30.0. The van der Waals surface area contributed by atoms with Gasteiger partial charge in [0.15, 0.2) is 0 Å². The summed E-state index contributed by atoms with van der Waals surface area (Å²) in [6.07, 6.45) is -4.44. The second-order valence-electron chi connectivity index (χ2n) is 17.9. The number of benzene rings is 4. The van der Waals surface area contributed by atoms with Gasteiger partial charge >= 0.3 is 6.18 Å². The SMILES string of the molecule is COC[C@@H]1CN(CCN2CCN(C(=O)c3cc(C(F)(F)F)cc(S(=O)(=O)N4CCCC4)c3)[C@@H](C(O[Si](c3ccccc3)c3ccccc3)c3ccc(C)c(C(C)(C)C)c3)C2)CCO1. The number of sulfonamides is 1. The molecule has 3 fully saturated rings. The van der Waals surface area contributed by atoms with Gasteiger partial charge in [0.2, 0.25) is 10.0 Å². The van der Waals surface area contributed by atoms with Crippen molar-refractivity contribution in [2.24, 2.45) is 0 Å². The van der Waals surface area contributed by atoms with E-state index in [1.165, 1.54) is 4.31 Å². The van der Waals surface area contributed by atoms with E-state index in [9.17, 15) is 21.6 Å². The number of methoxy groups -OCH3 is 1. The minimum Gasteiger partial charge on any atom is -0.398 e. The number of hydrogen-bond acceptors (Lipinski definition) is 8. The van der Waals surface area contributed by atoms with Crippen LogP contribution in [-0.2, 0) is 35.5 Å². The van der Waals surface area contributed by atoms with E-state index < -0.39 is 53.8 Å². The highest BCUT2D eigenvalue weighted by Gasteiger charge is 2.42. The van der Waals surface area contributed by atoms with Gasteiger partial charge in [-0.15, -0.1) is 0 Å². The zero-order valence-electron chi connectivity index (χ0n) is 36.9. The number of amides is 1. The van der Waals surface area contributed by atoms with Crippen LogP contribution in [0.3, 0.4) is 0 Å². The zero-order valence-corrected chi connectivity index (χ0v) is 38.8. The molecule has 63 heavy (non-hydrogen) atoms. The first kappa shape index (κ1) is 47.0. The summed E-state index contributed by atoms with van der Waals surface area (Å²) in [7, 11) is -4.65. The molecule has 3 heterocycles. The number of nitrogens with zero attached hydrogens (tertiary/aromatic N) is 4. The lowest BCUT2D eigenvalue weighted by Gasteiger charge is -2.46. The smallest absolute Gasteiger partial charge is 0.398 e. The van der Waals surface area contributed by atoms with Crippen molar-refractivity contribution >= 4 is 35.3 Å². The molecule has 4 aromatic carbocycles. The second kappa shape index (κ2) is 20.1. The van der Waals surface area contributed by atoms with Gasteiger partial charge in [-0.25, -0.2) is 8.42 Å². The Morgan fingerprint density at radius 1 is 0.825 bits per heavy atom. The lowest BCUT2D eigenvalue weighted by molar-refractivity contribution is -0.137. The maximum Gasteiger partial charge on any atom is 0.416 e. The fraction of sp³-hybridized carbons (Fsp3) is 0.479. The number of alkyl halides is 3. The molecule has 1 unspecified atom stereocenters. The third-order valence-electron chi connectivity index (χ3n) is 12.3. The van der Waals surface area contributed by atoms with Crippen LogP contribution < -0.4 is 10.4 Å². The monoisotopic (exact) mass is 905 g/mol. The van der Waals surface area contributed by atoms with Crippen LogP contribution >= 0.6 is 0 Å². The molecule has 339 valence electrons. The number of piperazine rings is 1. The van der Waals surface area contributed by atoms with Crippen LogP contribution in [0.25, 0.3) is 0 Å². The van der Waals surface area contributed by atoms with Gasteiger partial charge in [0.05, 0.1) is 41.9 Å². The highest BCUT2D eigenvalue weighted by atomic mass is 32.2. The normalized spacial score (nSPS) is 20.4. The highest BCUT2D eigenvalue weighted by molar-refractivity contribution is 7.89. The van der Waals surface area contributed by atoms with Crippen molar-refractivity contribution in [2.45, 2.75) is 75.3 Å². The summed E-state index contributed by atoms with van der Waals surface area (Å²) in [6.45, 7) is 13.9.